The van der Waals surface area contributed by atoms with E-state index in [1.54, 1.807) is 0 Å². The summed E-state index contributed by atoms with van der Waals surface area (Å²) in [5.41, 5.74) is 4.86. The molecule has 0 aliphatic rings. The van der Waals surface area contributed by atoms with Crippen LogP contribution in [0.25, 0.3) is 0 Å². The van der Waals surface area contributed by atoms with Crippen molar-refractivity contribution in [2.24, 2.45) is 5.73 Å². The Labute approximate surface area is 311 Å². The van der Waals surface area contributed by atoms with Crippen LogP contribution in [0.1, 0.15) is 27.2 Å². The fourth-order valence-corrected chi connectivity index (χ4v) is 3.59. The second-order valence-corrected chi connectivity index (χ2v) is 11.7. The summed E-state index contributed by atoms with van der Waals surface area (Å²) in [5.74, 6) is -0.267. The number of rotatable bonds is 44. The lowest BCUT2D eigenvalue weighted by atomic mass is 10.2. The number of nitrogens with two attached hydrogens (primary N) is 1. The van der Waals surface area contributed by atoms with Crippen molar-refractivity contribution in [1.29, 1.82) is 0 Å². The zero-order chi connectivity index (χ0) is 37.9. The SMILES string of the molecule is CC(C)(C)OC(=O)CCOCCOCCOCCOCCOCCOCCOCCOCCOCCOCCOCCOCCOCCOCCN. The lowest BCUT2D eigenvalue weighted by Gasteiger charge is -2.19. The fourth-order valence-electron chi connectivity index (χ4n) is 3.59. The van der Waals surface area contributed by atoms with E-state index in [1.165, 1.54) is 0 Å². The summed E-state index contributed by atoms with van der Waals surface area (Å²) in [7, 11) is 0. The number of carbonyl (C=O) groups excluding carboxylic acids is 1. The van der Waals surface area contributed by atoms with E-state index in [1.807, 2.05) is 20.8 Å². The average Bonchev–Trinajstić information content (AvgIpc) is 3.11. The molecule has 0 unspecified atom stereocenters. The predicted molar refractivity (Wildman–Crippen MR) is 191 cm³/mol. The molecule has 17 nitrogen and oxygen atoms in total. The summed E-state index contributed by atoms with van der Waals surface area (Å²) in [5, 5.41) is 0. The molecule has 52 heavy (non-hydrogen) atoms. The lowest BCUT2D eigenvalue weighted by molar-refractivity contribution is -0.156. The maximum Gasteiger partial charge on any atom is 0.308 e. The van der Waals surface area contributed by atoms with Crippen molar-refractivity contribution in [3.8, 4) is 0 Å². The van der Waals surface area contributed by atoms with Crippen molar-refractivity contribution in [3.63, 3.8) is 0 Å². The third-order valence-corrected chi connectivity index (χ3v) is 5.97. The minimum absolute atomic E-state index is 0.229. The minimum atomic E-state index is -0.477. The van der Waals surface area contributed by atoms with E-state index in [-0.39, 0.29) is 12.4 Å². The largest absolute Gasteiger partial charge is 0.460 e. The molecule has 0 atom stereocenters. The van der Waals surface area contributed by atoms with Crippen LogP contribution in [-0.2, 0) is 75.8 Å². The Balaban J connectivity index is 3.09. The number of hydrogen-bond donors (Lipinski definition) is 1. The van der Waals surface area contributed by atoms with E-state index >= 15 is 0 Å². The molecule has 0 saturated carbocycles. The van der Waals surface area contributed by atoms with Gasteiger partial charge in [0.2, 0.25) is 0 Å². The topological polar surface area (TPSA) is 182 Å². The number of carbonyl (C=O) groups is 1. The van der Waals surface area contributed by atoms with Crippen LogP contribution in [0.4, 0.5) is 0 Å². The minimum Gasteiger partial charge on any atom is -0.460 e. The lowest BCUT2D eigenvalue weighted by Crippen LogP contribution is -2.24. The summed E-state index contributed by atoms with van der Waals surface area (Å²) < 4.78 is 81.3. The second-order valence-electron chi connectivity index (χ2n) is 11.7. The van der Waals surface area contributed by atoms with Crippen LogP contribution >= 0.6 is 0 Å². The monoisotopic (exact) mass is 761 g/mol. The zero-order valence-corrected chi connectivity index (χ0v) is 32.3. The van der Waals surface area contributed by atoms with E-state index < -0.39 is 5.60 Å². The first-order valence-corrected chi connectivity index (χ1v) is 18.5. The third kappa shape index (κ3) is 46.9. The van der Waals surface area contributed by atoms with Gasteiger partial charge in [0.05, 0.1) is 191 Å². The molecule has 0 fully saturated rings. The highest BCUT2D eigenvalue weighted by molar-refractivity contribution is 5.69. The van der Waals surface area contributed by atoms with Crippen LogP contribution in [0.5, 0.6) is 0 Å². The Morgan fingerprint density at radius 1 is 0.327 bits per heavy atom. The molecule has 0 bridgehead atoms. The number of ether oxygens (including phenoxy) is 15. The van der Waals surface area contributed by atoms with Gasteiger partial charge in [-0.2, -0.15) is 0 Å². The van der Waals surface area contributed by atoms with Gasteiger partial charge < -0.3 is 76.8 Å². The van der Waals surface area contributed by atoms with Gasteiger partial charge in [0, 0.05) is 6.54 Å². The summed E-state index contributed by atoms with van der Waals surface area (Å²) in [6, 6.07) is 0. The van der Waals surface area contributed by atoms with Crippen molar-refractivity contribution >= 4 is 5.97 Å². The molecule has 0 aromatic rings. The molecular formula is C35H71NO16. The van der Waals surface area contributed by atoms with Gasteiger partial charge in [0.15, 0.2) is 0 Å². The summed E-state index contributed by atoms with van der Waals surface area (Å²) in [6.45, 7) is 19.8. The Bertz CT molecular complexity index is 704. The smallest absolute Gasteiger partial charge is 0.308 e. The summed E-state index contributed by atoms with van der Waals surface area (Å²) in [6.07, 6.45) is 0.229. The van der Waals surface area contributed by atoms with E-state index in [2.05, 4.69) is 0 Å². The van der Waals surface area contributed by atoms with E-state index in [0.29, 0.717) is 192 Å². The molecular weight excluding hydrogens is 690 g/mol. The standard InChI is InChI=1S/C35H71NO16/c1-35(2,3)52-34(37)4-6-38-8-10-40-12-14-42-16-18-44-20-22-46-24-26-48-28-30-50-32-33-51-31-29-49-27-25-47-23-21-45-19-17-43-15-13-41-11-9-39-7-5-36/h4-33,36H2,1-3H3. The van der Waals surface area contributed by atoms with Crippen LogP contribution in [0, 0.1) is 0 Å². The molecule has 0 aromatic heterocycles. The van der Waals surface area contributed by atoms with Crippen LogP contribution in [0.3, 0.4) is 0 Å². The van der Waals surface area contributed by atoms with Crippen LogP contribution in [0.15, 0.2) is 0 Å². The third-order valence-electron chi connectivity index (χ3n) is 5.97. The van der Waals surface area contributed by atoms with Crippen molar-refractivity contribution < 1.29 is 75.8 Å². The fraction of sp³-hybridized carbons (Fsp3) is 0.971. The van der Waals surface area contributed by atoms with Gasteiger partial charge in [0.1, 0.15) is 5.60 Å². The first-order valence-electron chi connectivity index (χ1n) is 18.5. The Morgan fingerprint density at radius 3 is 0.673 bits per heavy atom. The van der Waals surface area contributed by atoms with Crippen molar-refractivity contribution in [3.05, 3.63) is 0 Å². The molecule has 312 valence electrons. The Morgan fingerprint density at radius 2 is 0.500 bits per heavy atom. The highest BCUT2D eigenvalue weighted by atomic mass is 16.6. The van der Waals surface area contributed by atoms with Gasteiger partial charge in [0.25, 0.3) is 0 Å². The molecule has 0 aliphatic carbocycles. The van der Waals surface area contributed by atoms with E-state index in [9.17, 15) is 4.79 Å². The van der Waals surface area contributed by atoms with Crippen LogP contribution in [0.2, 0.25) is 0 Å². The molecule has 0 amide bonds. The summed E-state index contributed by atoms with van der Waals surface area (Å²) >= 11 is 0. The van der Waals surface area contributed by atoms with Gasteiger partial charge in [-0.25, -0.2) is 0 Å². The van der Waals surface area contributed by atoms with Gasteiger partial charge >= 0.3 is 5.97 Å². The van der Waals surface area contributed by atoms with Crippen molar-refractivity contribution in [2.75, 3.05) is 192 Å². The predicted octanol–water partition coefficient (Wildman–Crippen LogP) is 0.909. The van der Waals surface area contributed by atoms with Crippen LogP contribution in [-0.4, -0.2) is 203 Å². The molecule has 0 spiro atoms. The van der Waals surface area contributed by atoms with Gasteiger partial charge in [-0.05, 0) is 20.8 Å². The quantitative estimate of drug-likeness (QED) is 0.0683. The zero-order valence-electron chi connectivity index (χ0n) is 32.3. The highest BCUT2D eigenvalue weighted by Gasteiger charge is 2.15. The van der Waals surface area contributed by atoms with Gasteiger partial charge in [-0.1, -0.05) is 0 Å². The maximum atomic E-state index is 11.6. The van der Waals surface area contributed by atoms with E-state index in [4.69, 9.17) is 76.8 Å². The first-order chi connectivity index (χ1) is 25.5. The molecule has 0 aromatic carbocycles. The number of hydrogen-bond acceptors (Lipinski definition) is 17. The van der Waals surface area contributed by atoms with Crippen molar-refractivity contribution in [1.82, 2.24) is 0 Å². The second kappa shape index (κ2) is 42.6. The highest BCUT2D eigenvalue weighted by Crippen LogP contribution is 2.08. The Kier molecular flexibility index (Phi) is 41.7. The van der Waals surface area contributed by atoms with Gasteiger partial charge in [-0.3, -0.25) is 4.79 Å². The normalized spacial score (nSPS) is 11.8. The molecule has 0 radical (unpaired) electrons. The Hall–Kier alpha value is -1.13. The van der Waals surface area contributed by atoms with E-state index in [0.717, 1.165) is 0 Å². The molecule has 0 rings (SSSR count). The molecule has 0 heterocycles. The maximum absolute atomic E-state index is 11.6. The summed E-state index contributed by atoms with van der Waals surface area (Å²) in [4.78, 5) is 11.6. The van der Waals surface area contributed by atoms with Crippen molar-refractivity contribution in [2.45, 2.75) is 32.8 Å². The first kappa shape index (κ1) is 50.9. The number of esters is 1. The molecule has 2 N–H and O–H groups in total. The van der Waals surface area contributed by atoms with Crippen LogP contribution < -0.4 is 5.73 Å². The molecule has 0 aliphatic heterocycles. The van der Waals surface area contributed by atoms with Gasteiger partial charge in [-0.15, -0.1) is 0 Å². The average molecular weight is 762 g/mol. The molecule has 0 saturated heterocycles. The molecule has 17 heteroatoms.